The maximum absolute atomic E-state index is 13.6. The van der Waals surface area contributed by atoms with Crippen molar-refractivity contribution in [3.8, 4) is 0 Å². The van der Waals surface area contributed by atoms with E-state index < -0.39 is 5.41 Å². The van der Waals surface area contributed by atoms with Crippen LogP contribution in [0.1, 0.15) is 32.3 Å². The van der Waals surface area contributed by atoms with Gasteiger partial charge in [0.15, 0.2) is 0 Å². The van der Waals surface area contributed by atoms with Crippen molar-refractivity contribution in [1.82, 2.24) is 4.90 Å². The zero-order chi connectivity index (χ0) is 14.5. The number of carbonyl (C=O) groups is 1. The molecule has 0 bridgehead atoms. The fourth-order valence-corrected chi connectivity index (χ4v) is 2.29. The SMILES string of the molecule is CCC(CC)(CN)C(=O)N(C)Cc1ccccc1F.Cl. The second-order valence-corrected chi connectivity index (χ2v) is 4.94. The van der Waals surface area contributed by atoms with E-state index in [-0.39, 0.29) is 30.7 Å². The van der Waals surface area contributed by atoms with Gasteiger partial charge in [-0.3, -0.25) is 4.79 Å². The minimum Gasteiger partial charge on any atom is -0.341 e. The van der Waals surface area contributed by atoms with Crippen molar-refractivity contribution in [3.05, 3.63) is 35.6 Å². The topological polar surface area (TPSA) is 46.3 Å². The molecule has 0 saturated heterocycles. The number of benzene rings is 1. The number of hydrogen-bond donors (Lipinski definition) is 1. The van der Waals surface area contributed by atoms with Gasteiger partial charge in [-0.2, -0.15) is 0 Å². The summed E-state index contributed by atoms with van der Waals surface area (Å²) in [5.74, 6) is -0.295. The van der Waals surface area contributed by atoms with Crippen molar-refractivity contribution in [2.24, 2.45) is 11.1 Å². The van der Waals surface area contributed by atoms with E-state index in [9.17, 15) is 9.18 Å². The molecule has 0 unspecified atom stereocenters. The Balaban J connectivity index is 0.00000361. The lowest BCUT2D eigenvalue weighted by atomic mass is 9.81. The summed E-state index contributed by atoms with van der Waals surface area (Å²) in [5, 5.41) is 0. The van der Waals surface area contributed by atoms with E-state index in [1.165, 1.54) is 6.07 Å². The molecule has 0 spiro atoms. The van der Waals surface area contributed by atoms with Gasteiger partial charge in [0.05, 0.1) is 5.41 Å². The van der Waals surface area contributed by atoms with Crippen LogP contribution in [0, 0.1) is 11.2 Å². The van der Waals surface area contributed by atoms with Crippen LogP contribution in [0.3, 0.4) is 0 Å². The van der Waals surface area contributed by atoms with Crippen molar-refractivity contribution in [3.63, 3.8) is 0 Å². The van der Waals surface area contributed by atoms with Gasteiger partial charge in [0.2, 0.25) is 5.91 Å². The fraction of sp³-hybridized carbons (Fsp3) is 0.533. The average Bonchev–Trinajstić information content (AvgIpc) is 2.43. The van der Waals surface area contributed by atoms with Gasteiger partial charge in [-0.15, -0.1) is 12.4 Å². The summed E-state index contributed by atoms with van der Waals surface area (Å²) in [6, 6.07) is 6.51. The van der Waals surface area contributed by atoms with Gasteiger partial charge >= 0.3 is 0 Å². The van der Waals surface area contributed by atoms with Gasteiger partial charge < -0.3 is 10.6 Å². The first kappa shape index (κ1) is 18.9. The van der Waals surface area contributed by atoms with E-state index in [0.717, 1.165) is 0 Å². The van der Waals surface area contributed by atoms with E-state index >= 15 is 0 Å². The average molecular weight is 303 g/mol. The number of nitrogens with two attached hydrogens (primary N) is 1. The van der Waals surface area contributed by atoms with Crippen molar-refractivity contribution < 1.29 is 9.18 Å². The molecular formula is C15H24ClFN2O. The highest BCUT2D eigenvalue weighted by Crippen LogP contribution is 2.28. The second kappa shape index (κ2) is 8.22. The largest absolute Gasteiger partial charge is 0.341 e. The summed E-state index contributed by atoms with van der Waals surface area (Å²) in [5.41, 5.74) is 5.77. The number of amides is 1. The zero-order valence-electron chi connectivity index (χ0n) is 12.4. The Hall–Kier alpha value is -1.13. The normalized spacial score (nSPS) is 10.8. The van der Waals surface area contributed by atoms with Crippen molar-refractivity contribution in [1.29, 1.82) is 0 Å². The summed E-state index contributed by atoms with van der Waals surface area (Å²) < 4.78 is 13.6. The Morgan fingerprint density at radius 3 is 2.30 bits per heavy atom. The third-order valence-electron chi connectivity index (χ3n) is 3.91. The fourth-order valence-electron chi connectivity index (χ4n) is 2.29. The smallest absolute Gasteiger partial charge is 0.230 e. The highest BCUT2D eigenvalue weighted by molar-refractivity contribution is 5.85. The maximum Gasteiger partial charge on any atom is 0.230 e. The molecular weight excluding hydrogens is 279 g/mol. The van der Waals surface area contributed by atoms with Crippen LogP contribution >= 0.6 is 12.4 Å². The predicted molar refractivity (Wildman–Crippen MR) is 82.2 cm³/mol. The van der Waals surface area contributed by atoms with E-state index in [1.54, 1.807) is 30.1 Å². The van der Waals surface area contributed by atoms with E-state index in [1.807, 2.05) is 13.8 Å². The van der Waals surface area contributed by atoms with Crippen LogP contribution in [0.25, 0.3) is 0 Å². The minimum absolute atomic E-state index is 0. The molecule has 0 aliphatic rings. The maximum atomic E-state index is 13.6. The third-order valence-corrected chi connectivity index (χ3v) is 3.91. The summed E-state index contributed by atoms with van der Waals surface area (Å²) in [4.78, 5) is 14.1. The molecule has 0 aromatic heterocycles. The summed E-state index contributed by atoms with van der Waals surface area (Å²) in [7, 11) is 1.70. The zero-order valence-corrected chi connectivity index (χ0v) is 13.2. The van der Waals surface area contributed by atoms with E-state index in [2.05, 4.69) is 0 Å². The van der Waals surface area contributed by atoms with Crippen LogP contribution in [0.15, 0.2) is 24.3 Å². The molecule has 1 aromatic carbocycles. The molecule has 2 N–H and O–H groups in total. The lowest BCUT2D eigenvalue weighted by molar-refractivity contribution is -0.141. The number of hydrogen-bond acceptors (Lipinski definition) is 2. The van der Waals surface area contributed by atoms with Gasteiger partial charge in [-0.25, -0.2) is 4.39 Å². The quantitative estimate of drug-likeness (QED) is 0.878. The Labute approximate surface area is 126 Å². The van der Waals surface area contributed by atoms with Gasteiger partial charge in [0.25, 0.3) is 0 Å². The van der Waals surface area contributed by atoms with E-state index in [0.29, 0.717) is 24.9 Å². The first-order chi connectivity index (χ1) is 9.00. The molecule has 0 atom stereocenters. The minimum atomic E-state index is -0.528. The van der Waals surface area contributed by atoms with Crippen molar-refractivity contribution in [2.75, 3.05) is 13.6 Å². The third kappa shape index (κ3) is 3.93. The Morgan fingerprint density at radius 2 is 1.85 bits per heavy atom. The van der Waals surface area contributed by atoms with Crippen LogP contribution in [0.5, 0.6) is 0 Å². The number of rotatable bonds is 6. The Bertz CT molecular complexity index is 427. The molecule has 0 heterocycles. The molecule has 1 aromatic rings. The molecule has 1 amide bonds. The van der Waals surface area contributed by atoms with E-state index in [4.69, 9.17) is 5.73 Å². The van der Waals surface area contributed by atoms with Crippen molar-refractivity contribution >= 4 is 18.3 Å². The number of halogens is 2. The molecule has 3 nitrogen and oxygen atoms in total. The van der Waals surface area contributed by atoms with Crippen LogP contribution in [-0.4, -0.2) is 24.4 Å². The summed E-state index contributed by atoms with van der Waals surface area (Å²) >= 11 is 0. The molecule has 0 fully saturated rings. The van der Waals surface area contributed by atoms with Crippen LogP contribution in [0.4, 0.5) is 4.39 Å². The Kier molecular flexibility index (Phi) is 7.76. The number of nitrogens with zero attached hydrogens (tertiary/aromatic N) is 1. The van der Waals surface area contributed by atoms with Crippen LogP contribution in [-0.2, 0) is 11.3 Å². The van der Waals surface area contributed by atoms with Gasteiger partial charge in [0, 0.05) is 25.7 Å². The standard InChI is InChI=1S/C15H23FN2O.ClH/c1-4-15(5-2,11-17)14(19)18(3)10-12-8-6-7-9-13(12)16;/h6-9H,4-5,10-11,17H2,1-3H3;1H. The summed E-state index contributed by atoms with van der Waals surface area (Å²) in [6.45, 7) is 4.52. The van der Waals surface area contributed by atoms with Gasteiger partial charge in [-0.05, 0) is 18.9 Å². The molecule has 5 heteroatoms. The lowest BCUT2D eigenvalue weighted by Crippen LogP contribution is -2.45. The van der Waals surface area contributed by atoms with Gasteiger partial charge in [0.1, 0.15) is 5.82 Å². The molecule has 0 aliphatic heterocycles. The second-order valence-electron chi connectivity index (χ2n) is 4.94. The molecule has 0 radical (unpaired) electrons. The molecule has 1 rings (SSSR count). The molecule has 114 valence electrons. The monoisotopic (exact) mass is 302 g/mol. The highest BCUT2D eigenvalue weighted by Gasteiger charge is 2.35. The first-order valence-corrected chi connectivity index (χ1v) is 6.69. The first-order valence-electron chi connectivity index (χ1n) is 6.69. The Morgan fingerprint density at radius 1 is 1.30 bits per heavy atom. The molecule has 20 heavy (non-hydrogen) atoms. The van der Waals surface area contributed by atoms with Crippen LogP contribution < -0.4 is 5.73 Å². The lowest BCUT2D eigenvalue weighted by Gasteiger charge is -2.33. The molecule has 0 aliphatic carbocycles. The molecule has 0 saturated carbocycles. The van der Waals surface area contributed by atoms with Crippen LogP contribution in [0.2, 0.25) is 0 Å². The number of carbonyl (C=O) groups excluding carboxylic acids is 1. The predicted octanol–water partition coefficient (Wildman–Crippen LogP) is 2.97. The summed E-state index contributed by atoms with van der Waals surface area (Å²) in [6.07, 6.45) is 1.39. The van der Waals surface area contributed by atoms with Crippen molar-refractivity contribution in [2.45, 2.75) is 33.2 Å². The van der Waals surface area contributed by atoms with Gasteiger partial charge in [-0.1, -0.05) is 32.0 Å². The highest BCUT2D eigenvalue weighted by atomic mass is 35.5.